The normalized spacial score (nSPS) is 16.3. The molecule has 1 aliphatic carbocycles. The largest absolute Gasteiger partial charge is 0.367 e. The number of hydrogen-bond donors (Lipinski definition) is 2. The van der Waals surface area contributed by atoms with Crippen molar-refractivity contribution in [2.75, 3.05) is 6.61 Å². The number of imidazole rings is 1. The van der Waals surface area contributed by atoms with Crippen LogP contribution in [0.2, 0.25) is 0 Å². The van der Waals surface area contributed by atoms with Crippen molar-refractivity contribution in [2.45, 2.75) is 44.4 Å². The molecule has 2 N–H and O–H groups in total. The van der Waals surface area contributed by atoms with Crippen LogP contribution in [0.3, 0.4) is 0 Å². The van der Waals surface area contributed by atoms with Gasteiger partial charge in [-0.15, -0.1) is 0 Å². The maximum Gasteiger partial charge on any atom is 0.330 e. The fraction of sp³-hybridized carbons (Fsp3) is 0.727. The van der Waals surface area contributed by atoms with Crippen LogP contribution in [0.5, 0.6) is 0 Å². The molecule has 0 saturated heterocycles. The molecule has 0 amide bonds. The van der Waals surface area contributed by atoms with Crippen molar-refractivity contribution in [1.82, 2.24) is 15.3 Å². The highest BCUT2D eigenvalue weighted by Gasteiger charge is 2.40. The van der Waals surface area contributed by atoms with Crippen molar-refractivity contribution in [3.63, 3.8) is 0 Å². The minimum absolute atomic E-state index is 0.244. The van der Waals surface area contributed by atoms with Gasteiger partial charge in [-0.2, -0.15) is 8.78 Å². The fourth-order valence-corrected chi connectivity index (χ4v) is 1.46. The first-order valence-corrected chi connectivity index (χ1v) is 5.97. The van der Waals surface area contributed by atoms with Crippen molar-refractivity contribution < 1.29 is 22.3 Å². The first kappa shape index (κ1) is 14.3. The van der Waals surface area contributed by atoms with E-state index in [4.69, 9.17) is 0 Å². The number of ether oxygens (including phenoxy) is 1. The van der Waals surface area contributed by atoms with E-state index in [2.05, 4.69) is 20.0 Å². The number of aromatic nitrogens is 2. The molecule has 1 aliphatic rings. The van der Waals surface area contributed by atoms with Crippen LogP contribution < -0.4 is 5.32 Å². The molecule has 0 atom stereocenters. The lowest BCUT2D eigenvalue weighted by atomic mass is 10.4. The molecule has 108 valence electrons. The third kappa shape index (κ3) is 4.46. The summed E-state index contributed by atoms with van der Waals surface area (Å²) in [5, 5.41) is 3.25. The Labute approximate surface area is 107 Å². The number of nitrogens with zero attached hydrogens (tertiary/aromatic N) is 1. The van der Waals surface area contributed by atoms with Crippen LogP contribution in [-0.4, -0.2) is 35.0 Å². The third-order valence-electron chi connectivity index (χ3n) is 2.69. The fourth-order valence-electron chi connectivity index (χ4n) is 1.46. The lowest BCUT2D eigenvalue weighted by molar-refractivity contribution is -0.168. The van der Waals surface area contributed by atoms with Gasteiger partial charge in [-0.3, -0.25) is 0 Å². The van der Waals surface area contributed by atoms with E-state index in [1.165, 1.54) is 0 Å². The Bertz CT molecular complexity index is 406. The van der Waals surface area contributed by atoms with Crippen LogP contribution in [0.25, 0.3) is 0 Å². The zero-order valence-electron chi connectivity index (χ0n) is 10.1. The first-order valence-electron chi connectivity index (χ1n) is 5.97. The molecule has 1 fully saturated rings. The third-order valence-corrected chi connectivity index (χ3v) is 2.69. The highest BCUT2D eigenvalue weighted by atomic mass is 19.3. The molecular weight excluding hydrogens is 266 g/mol. The number of alkyl halides is 4. The molecule has 0 unspecified atom stereocenters. The van der Waals surface area contributed by atoms with Gasteiger partial charge in [0.25, 0.3) is 0 Å². The van der Waals surface area contributed by atoms with E-state index in [1.807, 2.05) is 0 Å². The molecule has 0 aliphatic heterocycles. The molecule has 0 bridgehead atoms. The zero-order valence-corrected chi connectivity index (χ0v) is 10.1. The molecule has 0 radical (unpaired) electrons. The molecule has 19 heavy (non-hydrogen) atoms. The van der Waals surface area contributed by atoms with Crippen LogP contribution in [0.4, 0.5) is 17.6 Å². The lowest BCUT2D eigenvalue weighted by Gasteiger charge is -2.14. The minimum atomic E-state index is -4.12. The second-order valence-corrected chi connectivity index (χ2v) is 4.56. The van der Waals surface area contributed by atoms with Gasteiger partial charge in [-0.25, -0.2) is 13.8 Å². The van der Waals surface area contributed by atoms with Gasteiger partial charge in [0.05, 0.1) is 0 Å². The van der Waals surface area contributed by atoms with Crippen molar-refractivity contribution in [2.24, 2.45) is 0 Å². The molecule has 4 nitrogen and oxygen atoms in total. The molecule has 0 spiro atoms. The van der Waals surface area contributed by atoms with Gasteiger partial charge >= 0.3 is 12.3 Å². The van der Waals surface area contributed by atoms with E-state index in [-0.39, 0.29) is 6.61 Å². The first-order chi connectivity index (χ1) is 8.97. The van der Waals surface area contributed by atoms with Gasteiger partial charge < -0.3 is 15.0 Å². The number of nitrogens with one attached hydrogen (secondary N) is 2. The van der Waals surface area contributed by atoms with Gasteiger partial charge in [0.15, 0.2) is 0 Å². The number of H-pyrrole nitrogens is 1. The Morgan fingerprint density at radius 2 is 2.21 bits per heavy atom. The summed E-state index contributed by atoms with van der Waals surface area (Å²) < 4.78 is 53.4. The molecule has 1 saturated carbocycles. The number of halogens is 4. The number of hydrogen-bond acceptors (Lipinski definition) is 3. The Balaban J connectivity index is 1.70. The predicted molar refractivity (Wildman–Crippen MR) is 59.1 cm³/mol. The monoisotopic (exact) mass is 281 g/mol. The number of rotatable bonds is 8. The van der Waals surface area contributed by atoms with Crippen molar-refractivity contribution in [3.05, 3.63) is 17.7 Å². The summed E-state index contributed by atoms with van der Waals surface area (Å²) in [6.07, 6.45) is 0.168. The average molecular weight is 281 g/mol. The van der Waals surface area contributed by atoms with Crippen LogP contribution in [0, 0.1) is 0 Å². The molecule has 8 heteroatoms. The second kappa shape index (κ2) is 5.87. The van der Waals surface area contributed by atoms with Crippen LogP contribution >= 0.6 is 0 Å². The van der Waals surface area contributed by atoms with E-state index in [9.17, 15) is 17.6 Å². The van der Waals surface area contributed by atoms with Crippen molar-refractivity contribution in [1.29, 1.82) is 0 Å². The summed E-state index contributed by atoms with van der Waals surface area (Å²) in [5.74, 6) is -3.78. The van der Waals surface area contributed by atoms with Gasteiger partial charge in [0.2, 0.25) is 0 Å². The molecule has 1 aromatic heterocycles. The zero-order chi connectivity index (χ0) is 13.9. The van der Waals surface area contributed by atoms with Crippen LogP contribution in [0.15, 0.2) is 6.20 Å². The SMILES string of the molecule is FC(F)C(F)(F)COCc1ncc(CNC2CC2)[nH]1. The van der Waals surface area contributed by atoms with Crippen molar-refractivity contribution in [3.8, 4) is 0 Å². The topological polar surface area (TPSA) is 49.9 Å². The predicted octanol–water partition coefficient (Wildman–Crippen LogP) is 2.08. The Morgan fingerprint density at radius 3 is 2.84 bits per heavy atom. The summed E-state index contributed by atoms with van der Waals surface area (Å²) in [5.41, 5.74) is 0.811. The summed E-state index contributed by atoms with van der Waals surface area (Å²) in [7, 11) is 0. The van der Waals surface area contributed by atoms with Crippen LogP contribution in [0.1, 0.15) is 24.4 Å². The average Bonchev–Trinajstić information content (AvgIpc) is 3.06. The van der Waals surface area contributed by atoms with E-state index in [1.54, 1.807) is 6.20 Å². The second-order valence-electron chi connectivity index (χ2n) is 4.56. The van der Waals surface area contributed by atoms with Crippen LogP contribution in [-0.2, 0) is 17.9 Å². The van der Waals surface area contributed by atoms with E-state index in [0.29, 0.717) is 18.4 Å². The smallest absolute Gasteiger partial charge is 0.330 e. The lowest BCUT2D eigenvalue weighted by Crippen LogP contribution is -2.32. The summed E-state index contributed by atoms with van der Waals surface area (Å²) >= 11 is 0. The van der Waals surface area contributed by atoms with Gasteiger partial charge in [-0.1, -0.05) is 0 Å². The molecular formula is C11H15F4N3O. The highest BCUT2D eigenvalue weighted by Crippen LogP contribution is 2.23. The Kier molecular flexibility index (Phi) is 4.41. The van der Waals surface area contributed by atoms with Gasteiger partial charge in [-0.05, 0) is 12.8 Å². The van der Waals surface area contributed by atoms with Gasteiger partial charge in [0, 0.05) is 24.5 Å². The van der Waals surface area contributed by atoms with E-state index in [0.717, 1.165) is 18.5 Å². The van der Waals surface area contributed by atoms with Crippen molar-refractivity contribution >= 4 is 0 Å². The van der Waals surface area contributed by atoms with Gasteiger partial charge in [0.1, 0.15) is 19.0 Å². The summed E-state index contributed by atoms with van der Waals surface area (Å²) in [6.45, 7) is -0.947. The Hall–Kier alpha value is -1.15. The van der Waals surface area contributed by atoms with E-state index < -0.39 is 19.0 Å². The molecule has 0 aromatic carbocycles. The molecule has 2 rings (SSSR count). The maximum absolute atomic E-state index is 12.6. The maximum atomic E-state index is 12.6. The van der Waals surface area contributed by atoms with E-state index >= 15 is 0 Å². The minimum Gasteiger partial charge on any atom is -0.367 e. The highest BCUT2D eigenvalue weighted by molar-refractivity contribution is 5.01. The summed E-state index contributed by atoms with van der Waals surface area (Å²) in [6, 6.07) is 0.549. The molecule has 1 aromatic rings. The number of aromatic amines is 1. The standard InChI is InChI=1S/C11H15F4N3O/c12-10(13)11(14,15)6-19-5-9-17-4-8(18-9)3-16-7-1-2-7/h4,7,10,16H,1-3,5-6H2,(H,17,18). The quantitative estimate of drug-likeness (QED) is 0.717. The summed E-state index contributed by atoms with van der Waals surface area (Å²) in [4.78, 5) is 6.81. The molecule has 1 heterocycles. The Morgan fingerprint density at radius 1 is 1.47 bits per heavy atom.